The van der Waals surface area contributed by atoms with Crippen molar-refractivity contribution >= 4 is 34.0 Å². The van der Waals surface area contributed by atoms with Gasteiger partial charge in [-0.25, -0.2) is 14.6 Å². The smallest absolute Gasteiger partial charge is 0.343 e. The van der Waals surface area contributed by atoms with Gasteiger partial charge in [-0.2, -0.15) is 10.4 Å². The zero-order chi connectivity index (χ0) is 23.8. The summed E-state index contributed by atoms with van der Waals surface area (Å²) in [5.41, 5.74) is 4.00. The number of hydrazone groups is 1. The van der Waals surface area contributed by atoms with E-state index in [1.807, 2.05) is 12.1 Å². The van der Waals surface area contributed by atoms with Crippen LogP contribution in [0.3, 0.4) is 0 Å². The van der Waals surface area contributed by atoms with Crippen molar-refractivity contribution in [1.82, 2.24) is 5.43 Å². The lowest BCUT2D eigenvalue weighted by Crippen LogP contribution is -2.25. The Balaban J connectivity index is 1.67. The van der Waals surface area contributed by atoms with Crippen molar-refractivity contribution in [3.8, 4) is 11.8 Å². The molecular formula is C24H19BrFN3O4. The monoisotopic (exact) mass is 511 g/mol. The van der Waals surface area contributed by atoms with Gasteiger partial charge in [0.15, 0.2) is 6.61 Å². The van der Waals surface area contributed by atoms with E-state index in [0.29, 0.717) is 28.9 Å². The van der Waals surface area contributed by atoms with E-state index < -0.39 is 17.7 Å². The fourth-order valence-electron chi connectivity index (χ4n) is 3.03. The number of nitrogens with one attached hydrogen (secondary N) is 1. The van der Waals surface area contributed by atoms with Crippen LogP contribution in [0.25, 0.3) is 0 Å². The van der Waals surface area contributed by atoms with Crippen LogP contribution in [0.4, 0.5) is 4.39 Å². The van der Waals surface area contributed by atoms with E-state index in [1.165, 1.54) is 24.4 Å². The van der Waals surface area contributed by atoms with E-state index in [0.717, 1.165) is 6.07 Å². The average Bonchev–Trinajstić information content (AvgIpc) is 2.79. The fourth-order valence-corrected chi connectivity index (χ4v) is 3.77. The second kappa shape index (κ2) is 11.2. The number of ether oxygens (including phenoxy) is 2. The number of esters is 1. The second-order valence-electron chi connectivity index (χ2n) is 7.01. The standard InChI is InChI=1S/C24H19BrFN3O4/c1-15-9-19(25)10-18(23(15)33-24(31)16-6-4-7-20(26)11-16)13-28-29-22(30)14-32-21-8-3-2-5-17(21)12-27/h2-9,11,13,19H,10,14H2,1H3,(H,29,30)/b28-13+. The molecule has 33 heavy (non-hydrogen) atoms. The molecule has 1 atom stereocenters. The summed E-state index contributed by atoms with van der Waals surface area (Å²) in [6, 6.07) is 13.8. The first-order chi connectivity index (χ1) is 15.9. The Morgan fingerprint density at radius 2 is 2.09 bits per heavy atom. The number of hydrogen-bond donors (Lipinski definition) is 1. The van der Waals surface area contributed by atoms with Crippen LogP contribution >= 0.6 is 15.9 Å². The van der Waals surface area contributed by atoms with Gasteiger partial charge in [-0.3, -0.25) is 4.79 Å². The van der Waals surface area contributed by atoms with Crippen molar-refractivity contribution in [1.29, 1.82) is 5.26 Å². The SMILES string of the molecule is CC1=CC(Br)CC(/C=N/NC(=O)COc2ccccc2C#N)=C1OC(=O)c1cccc(F)c1. The van der Waals surface area contributed by atoms with E-state index in [4.69, 9.17) is 14.7 Å². The number of allylic oxidation sites excluding steroid dienone is 3. The highest BCUT2D eigenvalue weighted by molar-refractivity contribution is 9.09. The molecule has 9 heteroatoms. The van der Waals surface area contributed by atoms with Crippen LogP contribution < -0.4 is 10.2 Å². The summed E-state index contributed by atoms with van der Waals surface area (Å²) in [4.78, 5) is 24.5. The summed E-state index contributed by atoms with van der Waals surface area (Å²) in [5.74, 6) is -1.19. The van der Waals surface area contributed by atoms with E-state index >= 15 is 0 Å². The molecule has 0 heterocycles. The topological polar surface area (TPSA) is 101 Å². The molecule has 0 aliphatic heterocycles. The third-order valence-corrected chi connectivity index (χ3v) is 5.11. The van der Waals surface area contributed by atoms with Gasteiger partial charge in [0.1, 0.15) is 23.4 Å². The summed E-state index contributed by atoms with van der Waals surface area (Å²) in [7, 11) is 0. The van der Waals surface area contributed by atoms with Crippen molar-refractivity contribution in [2.24, 2.45) is 5.10 Å². The highest BCUT2D eigenvalue weighted by Gasteiger charge is 2.22. The Kier molecular flexibility index (Phi) is 8.11. The van der Waals surface area contributed by atoms with Crippen LogP contribution in [0.2, 0.25) is 0 Å². The number of nitrogens with zero attached hydrogens (tertiary/aromatic N) is 2. The number of para-hydroxylation sites is 1. The first-order valence-electron chi connectivity index (χ1n) is 9.85. The zero-order valence-electron chi connectivity index (χ0n) is 17.5. The Labute approximate surface area is 198 Å². The van der Waals surface area contributed by atoms with Gasteiger partial charge in [0.05, 0.1) is 17.3 Å². The summed E-state index contributed by atoms with van der Waals surface area (Å²) in [5, 5.41) is 13.0. The summed E-state index contributed by atoms with van der Waals surface area (Å²) < 4.78 is 24.3. The van der Waals surface area contributed by atoms with Crippen LogP contribution in [-0.2, 0) is 9.53 Å². The van der Waals surface area contributed by atoms with E-state index in [2.05, 4.69) is 26.5 Å². The molecule has 7 nitrogen and oxygen atoms in total. The number of halogens is 2. The van der Waals surface area contributed by atoms with Gasteiger partial charge in [-0.1, -0.05) is 40.2 Å². The minimum atomic E-state index is -0.704. The zero-order valence-corrected chi connectivity index (χ0v) is 19.1. The lowest BCUT2D eigenvalue weighted by atomic mass is 9.99. The molecule has 1 N–H and O–H groups in total. The van der Waals surface area contributed by atoms with E-state index in [1.54, 1.807) is 31.2 Å². The molecule has 168 valence electrons. The summed E-state index contributed by atoms with van der Waals surface area (Å²) in [6.07, 6.45) is 3.72. The highest BCUT2D eigenvalue weighted by atomic mass is 79.9. The minimum absolute atomic E-state index is 0.0166. The maximum absolute atomic E-state index is 13.4. The molecule has 0 radical (unpaired) electrons. The molecule has 1 amide bonds. The quantitative estimate of drug-likeness (QED) is 0.257. The number of amides is 1. The van der Waals surface area contributed by atoms with Gasteiger partial charge in [0.25, 0.3) is 5.91 Å². The Hall–Kier alpha value is -3.77. The molecule has 3 rings (SSSR count). The van der Waals surface area contributed by atoms with Gasteiger partial charge in [-0.05, 0) is 49.2 Å². The lowest BCUT2D eigenvalue weighted by molar-refractivity contribution is -0.123. The first kappa shape index (κ1) is 23.9. The molecule has 2 aromatic carbocycles. The van der Waals surface area contributed by atoms with Crippen LogP contribution in [0.15, 0.2) is 76.6 Å². The molecule has 0 saturated carbocycles. The predicted octanol–water partition coefficient (Wildman–Crippen LogP) is 4.40. The molecule has 1 unspecified atom stereocenters. The van der Waals surface area contributed by atoms with Crippen molar-refractivity contribution in [3.05, 3.63) is 88.5 Å². The lowest BCUT2D eigenvalue weighted by Gasteiger charge is -2.20. The van der Waals surface area contributed by atoms with Gasteiger partial charge >= 0.3 is 5.97 Å². The molecule has 0 aromatic heterocycles. The molecule has 0 bridgehead atoms. The Morgan fingerprint density at radius 1 is 1.30 bits per heavy atom. The fraction of sp³-hybridized carbons (Fsp3) is 0.167. The van der Waals surface area contributed by atoms with Crippen LogP contribution in [-0.4, -0.2) is 29.5 Å². The van der Waals surface area contributed by atoms with E-state index in [-0.39, 0.29) is 22.8 Å². The maximum Gasteiger partial charge on any atom is 0.343 e. The maximum atomic E-state index is 13.4. The van der Waals surface area contributed by atoms with Crippen molar-refractivity contribution in [3.63, 3.8) is 0 Å². The number of hydrogen-bond acceptors (Lipinski definition) is 6. The number of benzene rings is 2. The normalized spacial score (nSPS) is 15.6. The molecule has 1 aliphatic carbocycles. The number of alkyl halides is 1. The van der Waals surface area contributed by atoms with Crippen molar-refractivity contribution < 1.29 is 23.5 Å². The summed E-state index contributed by atoms with van der Waals surface area (Å²) in [6.45, 7) is 1.44. The molecule has 0 fully saturated rings. The van der Waals surface area contributed by atoms with Crippen LogP contribution in [0, 0.1) is 17.1 Å². The summed E-state index contributed by atoms with van der Waals surface area (Å²) >= 11 is 3.51. The Morgan fingerprint density at radius 3 is 2.85 bits per heavy atom. The minimum Gasteiger partial charge on any atom is -0.482 e. The van der Waals surface area contributed by atoms with Gasteiger partial charge < -0.3 is 9.47 Å². The van der Waals surface area contributed by atoms with Gasteiger partial charge in [0.2, 0.25) is 0 Å². The number of nitriles is 1. The predicted molar refractivity (Wildman–Crippen MR) is 123 cm³/mol. The van der Waals surface area contributed by atoms with Crippen molar-refractivity contribution in [2.45, 2.75) is 18.2 Å². The number of rotatable bonds is 7. The van der Waals surface area contributed by atoms with E-state index in [9.17, 15) is 14.0 Å². The molecule has 2 aromatic rings. The number of carbonyl (C=O) groups excluding carboxylic acids is 2. The largest absolute Gasteiger partial charge is 0.482 e. The first-order valence-corrected chi connectivity index (χ1v) is 10.8. The van der Waals surface area contributed by atoms with Gasteiger partial charge in [-0.15, -0.1) is 0 Å². The molecule has 0 saturated heterocycles. The third kappa shape index (κ3) is 6.60. The Bertz CT molecular complexity index is 1200. The molecule has 1 aliphatic rings. The second-order valence-corrected chi connectivity index (χ2v) is 8.19. The third-order valence-electron chi connectivity index (χ3n) is 4.53. The van der Waals surface area contributed by atoms with Crippen LogP contribution in [0.1, 0.15) is 29.3 Å². The van der Waals surface area contributed by atoms with Crippen LogP contribution in [0.5, 0.6) is 5.75 Å². The van der Waals surface area contributed by atoms with Gasteiger partial charge in [0, 0.05) is 10.4 Å². The molecule has 0 spiro atoms. The van der Waals surface area contributed by atoms with Crippen molar-refractivity contribution in [2.75, 3.05) is 6.61 Å². The average molecular weight is 512 g/mol. The number of carbonyl (C=O) groups is 2. The highest BCUT2D eigenvalue weighted by Crippen LogP contribution is 2.29. The molecular weight excluding hydrogens is 493 g/mol.